The molecule has 6 nitrogen and oxygen atoms in total. The monoisotopic (exact) mass is 285 g/mol. The Morgan fingerprint density at radius 1 is 1.32 bits per heavy atom. The number of methoxy groups -OCH3 is 1. The largest absolute Gasteiger partial charge is 0.383 e. The number of amides is 2. The minimum atomic E-state index is -0.283. The molecule has 0 atom stereocenters. The number of nitrogens with one attached hydrogen (secondary N) is 2. The first-order valence-corrected chi connectivity index (χ1v) is 6.16. The molecule has 0 bridgehead atoms. The lowest BCUT2D eigenvalue weighted by molar-refractivity contribution is -0.121. The van der Waals surface area contributed by atoms with Gasteiger partial charge >= 0.3 is 0 Å². The van der Waals surface area contributed by atoms with Gasteiger partial charge in [0.1, 0.15) is 5.15 Å². The number of pyridine rings is 1. The van der Waals surface area contributed by atoms with Gasteiger partial charge in [0.05, 0.1) is 12.2 Å². The molecule has 0 unspecified atom stereocenters. The highest BCUT2D eigenvalue weighted by Crippen LogP contribution is 2.04. The summed E-state index contributed by atoms with van der Waals surface area (Å²) in [7, 11) is 1.56. The summed E-state index contributed by atoms with van der Waals surface area (Å²) >= 11 is 5.62. The summed E-state index contributed by atoms with van der Waals surface area (Å²) in [5.74, 6) is -0.416. The molecule has 2 N–H and O–H groups in total. The molecule has 0 aliphatic heterocycles. The van der Waals surface area contributed by atoms with Crippen molar-refractivity contribution in [2.75, 3.05) is 26.8 Å². The number of carbonyl (C=O) groups excluding carboxylic acids is 2. The van der Waals surface area contributed by atoms with Gasteiger partial charge in [0.2, 0.25) is 5.91 Å². The lowest BCUT2D eigenvalue weighted by Crippen LogP contribution is -2.32. The molecule has 104 valence electrons. The highest BCUT2D eigenvalue weighted by atomic mass is 35.5. The van der Waals surface area contributed by atoms with Gasteiger partial charge in [-0.1, -0.05) is 11.6 Å². The third kappa shape index (κ3) is 6.17. The van der Waals surface area contributed by atoms with E-state index in [1.54, 1.807) is 13.2 Å². The van der Waals surface area contributed by atoms with E-state index in [9.17, 15) is 9.59 Å². The van der Waals surface area contributed by atoms with Gasteiger partial charge in [-0.15, -0.1) is 0 Å². The van der Waals surface area contributed by atoms with Gasteiger partial charge in [-0.05, 0) is 12.1 Å². The normalized spacial score (nSPS) is 10.0. The van der Waals surface area contributed by atoms with Gasteiger partial charge in [0.25, 0.3) is 5.91 Å². The number of rotatable bonds is 7. The molecule has 0 saturated carbocycles. The molecule has 1 aromatic rings. The SMILES string of the molecule is COCCNC(=O)CCNC(=O)c1ccc(Cl)nc1. The van der Waals surface area contributed by atoms with E-state index in [-0.39, 0.29) is 24.8 Å². The summed E-state index contributed by atoms with van der Waals surface area (Å²) in [5.41, 5.74) is 0.407. The molecular weight excluding hydrogens is 270 g/mol. The smallest absolute Gasteiger partial charge is 0.252 e. The van der Waals surface area contributed by atoms with E-state index in [0.717, 1.165) is 0 Å². The van der Waals surface area contributed by atoms with Crippen LogP contribution in [-0.2, 0) is 9.53 Å². The minimum Gasteiger partial charge on any atom is -0.383 e. The molecule has 0 aromatic carbocycles. The predicted molar refractivity (Wildman–Crippen MR) is 71.1 cm³/mol. The Kier molecular flexibility index (Phi) is 6.84. The fourth-order valence-corrected chi connectivity index (χ4v) is 1.39. The molecule has 0 saturated heterocycles. The first kappa shape index (κ1) is 15.4. The fourth-order valence-electron chi connectivity index (χ4n) is 1.28. The number of hydrogen-bond acceptors (Lipinski definition) is 4. The maximum Gasteiger partial charge on any atom is 0.252 e. The second-order valence-electron chi connectivity index (χ2n) is 3.72. The van der Waals surface area contributed by atoms with Crippen LogP contribution in [0.5, 0.6) is 0 Å². The Morgan fingerprint density at radius 2 is 2.11 bits per heavy atom. The zero-order valence-electron chi connectivity index (χ0n) is 10.6. The van der Waals surface area contributed by atoms with E-state index < -0.39 is 0 Å². The lowest BCUT2D eigenvalue weighted by atomic mass is 10.2. The van der Waals surface area contributed by atoms with Gasteiger partial charge in [-0.3, -0.25) is 9.59 Å². The molecular formula is C12H16ClN3O3. The van der Waals surface area contributed by atoms with E-state index >= 15 is 0 Å². The summed E-state index contributed by atoms with van der Waals surface area (Å²) in [6, 6.07) is 3.11. The first-order valence-electron chi connectivity index (χ1n) is 5.79. The van der Waals surface area contributed by atoms with Crippen molar-refractivity contribution in [1.82, 2.24) is 15.6 Å². The Bertz CT molecular complexity index is 423. The standard InChI is InChI=1S/C12H16ClN3O3/c1-19-7-6-14-11(17)4-5-15-12(18)9-2-3-10(13)16-8-9/h2-3,8H,4-7H2,1H3,(H,14,17)(H,15,18). The molecule has 0 spiro atoms. The van der Waals surface area contributed by atoms with Crippen LogP contribution >= 0.6 is 11.6 Å². The Morgan fingerprint density at radius 3 is 2.74 bits per heavy atom. The van der Waals surface area contributed by atoms with E-state index in [1.807, 2.05) is 0 Å². The molecule has 7 heteroatoms. The Hall–Kier alpha value is -1.66. The number of nitrogens with zero attached hydrogens (tertiary/aromatic N) is 1. The van der Waals surface area contributed by atoms with Gasteiger partial charge in [0, 0.05) is 32.8 Å². The van der Waals surface area contributed by atoms with Crippen LogP contribution in [0.4, 0.5) is 0 Å². The average molecular weight is 286 g/mol. The average Bonchev–Trinajstić information content (AvgIpc) is 2.39. The number of halogens is 1. The Labute approximate surface area is 116 Å². The van der Waals surface area contributed by atoms with Crippen LogP contribution < -0.4 is 10.6 Å². The molecule has 1 heterocycles. The highest BCUT2D eigenvalue weighted by Gasteiger charge is 2.06. The van der Waals surface area contributed by atoms with Crippen molar-refractivity contribution in [2.45, 2.75) is 6.42 Å². The fraction of sp³-hybridized carbons (Fsp3) is 0.417. The van der Waals surface area contributed by atoms with Crippen LogP contribution in [0, 0.1) is 0 Å². The summed E-state index contributed by atoms with van der Waals surface area (Å²) in [6.45, 7) is 1.19. The van der Waals surface area contributed by atoms with Crippen molar-refractivity contribution in [2.24, 2.45) is 0 Å². The highest BCUT2D eigenvalue weighted by molar-refractivity contribution is 6.29. The maximum absolute atomic E-state index is 11.7. The van der Waals surface area contributed by atoms with Crippen LogP contribution in [0.25, 0.3) is 0 Å². The summed E-state index contributed by atoms with van der Waals surface area (Å²) < 4.78 is 4.80. The van der Waals surface area contributed by atoms with Gasteiger partial charge < -0.3 is 15.4 Å². The molecule has 1 rings (SSSR count). The Balaban J connectivity index is 2.23. The number of aromatic nitrogens is 1. The zero-order chi connectivity index (χ0) is 14.1. The predicted octanol–water partition coefficient (Wildman–Crippen LogP) is 0.618. The number of hydrogen-bond donors (Lipinski definition) is 2. The van der Waals surface area contributed by atoms with E-state index in [2.05, 4.69) is 15.6 Å². The van der Waals surface area contributed by atoms with Gasteiger partial charge in [-0.2, -0.15) is 0 Å². The summed E-state index contributed by atoms with van der Waals surface area (Å²) in [6.07, 6.45) is 1.60. The number of ether oxygens (including phenoxy) is 1. The molecule has 0 aliphatic carbocycles. The van der Waals surface area contributed by atoms with Crippen LogP contribution in [0.2, 0.25) is 5.15 Å². The van der Waals surface area contributed by atoms with Crippen molar-refractivity contribution < 1.29 is 14.3 Å². The quantitative estimate of drug-likeness (QED) is 0.568. The minimum absolute atomic E-state index is 0.133. The van der Waals surface area contributed by atoms with Crippen LogP contribution in [0.3, 0.4) is 0 Å². The van der Waals surface area contributed by atoms with Crippen LogP contribution in [0.1, 0.15) is 16.8 Å². The molecule has 19 heavy (non-hydrogen) atoms. The van der Waals surface area contributed by atoms with E-state index in [4.69, 9.17) is 16.3 Å². The topological polar surface area (TPSA) is 80.3 Å². The molecule has 2 amide bonds. The number of carbonyl (C=O) groups is 2. The first-order chi connectivity index (χ1) is 9.13. The van der Waals surface area contributed by atoms with Crippen molar-refractivity contribution in [3.63, 3.8) is 0 Å². The second kappa shape index (κ2) is 8.44. The van der Waals surface area contributed by atoms with Crippen molar-refractivity contribution in [1.29, 1.82) is 0 Å². The van der Waals surface area contributed by atoms with Crippen LogP contribution in [0.15, 0.2) is 18.3 Å². The lowest BCUT2D eigenvalue weighted by Gasteiger charge is -2.06. The van der Waals surface area contributed by atoms with Crippen molar-refractivity contribution >= 4 is 23.4 Å². The van der Waals surface area contributed by atoms with Crippen molar-refractivity contribution in [3.05, 3.63) is 29.0 Å². The molecule has 1 aromatic heterocycles. The van der Waals surface area contributed by atoms with E-state index in [1.165, 1.54) is 12.3 Å². The van der Waals surface area contributed by atoms with Crippen LogP contribution in [-0.4, -0.2) is 43.6 Å². The third-order valence-electron chi connectivity index (χ3n) is 2.26. The van der Waals surface area contributed by atoms with Gasteiger partial charge in [0.15, 0.2) is 0 Å². The summed E-state index contributed by atoms with van der Waals surface area (Å²) in [4.78, 5) is 26.8. The summed E-state index contributed by atoms with van der Waals surface area (Å²) in [5, 5.41) is 5.61. The van der Waals surface area contributed by atoms with E-state index in [0.29, 0.717) is 23.9 Å². The van der Waals surface area contributed by atoms with Gasteiger partial charge in [-0.25, -0.2) is 4.98 Å². The molecule has 0 radical (unpaired) electrons. The maximum atomic E-state index is 11.7. The third-order valence-corrected chi connectivity index (χ3v) is 2.48. The van der Waals surface area contributed by atoms with Crippen molar-refractivity contribution in [3.8, 4) is 0 Å². The molecule has 0 fully saturated rings. The zero-order valence-corrected chi connectivity index (χ0v) is 11.4. The second-order valence-corrected chi connectivity index (χ2v) is 4.11. The molecule has 0 aliphatic rings.